The molecule has 7 heteroatoms. The van der Waals surface area contributed by atoms with Gasteiger partial charge in [0.2, 0.25) is 11.8 Å². The van der Waals surface area contributed by atoms with E-state index in [9.17, 15) is 19.5 Å². The summed E-state index contributed by atoms with van der Waals surface area (Å²) in [5, 5.41) is 14.7. The van der Waals surface area contributed by atoms with Gasteiger partial charge in [0.05, 0.1) is 12.7 Å². The molecule has 0 unspecified atom stereocenters. The Bertz CT molecular complexity index is 589. The first-order valence-corrected chi connectivity index (χ1v) is 8.81. The van der Waals surface area contributed by atoms with Crippen LogP contribution in [0, 0.1) is 0 Å². The molecule has 0 bridgehead atoms. The summed E-state index contributed by atoms with van der Waals surface area (Å²) in [5.74, 6) is -1.62. The summed E-state index contributed by atoms with van der Waals surface area (Å²) in [4.78, 5) is 36.1. The molecular weight excluding hydrogens is 336 g/mol. The van der Waals surface area contributed by atoms with E-state index < -0.39 is 36.0 Å². The molecular formula is C19H28N2O5. The van der Waals surface area contributed by atoms with Crippen LogP contribution in [0.2, 0.25) is 0 Å². The van der Waals surface area contributed by atoms with Crippen LogP contribution in [0.1, 0.15) is 39.2 Å². The average molecular weight is 364 g/mol. The van der Waals surface area contributed by atoms with Crippen LogP contribution in [0.3, 0.4) is 0 Å². The second-order valence-corrected chi connectivity index (χ2v) is 6.19. The van der Waals surface area contributed by atoms with Gasteiger partial charge in [0.25, 0.3) is 0 Å². The Morgan fingerprint density at radius 3 is 2.35 bits per heavy atom. The second kappa shape index (κ2) is 11.3. The van der Waals surface area contributed by atoms with Crippen molar-refractivity contribution >= 4 is 17.8 Å². The van der Waals surface area contributed by atoms with Crippen LogP contribution in [0.4, 0.5) is 0 Å². The fourth-order valence-corrected chi connectivity index (χ4v) is 2.35. The Hall–Kier alpha value is -2.41. The molecule has 0 aliphatic heterocycles. The van der Waals surface area contributed by atoms with Crippen molar-refractivity contribution in [3.8, 4) is 0 Å². The molecule has 2 amide bonds. The van der Waals surface area contributed by atoms with Crippen molar-refractivity contribution in [2.24, 2.45) is 0 Å². The van der Waals surface area contributed by atoms with Gasteiger partial charge in [-0.2, -0.15) is 0 Å². The van der Waals surface area contributed by atoms with E-state index in [0.717, 1.165) is 18.4 Å². The van der Waals surface area contributed by atoms with E-state index in [1.54, 1.807) is 0 Å². The van der Waals surface area contributed by atoms with E-state index in [0.29, 0.717) is 0 Å². The van der Waals surface area contributed by atoms with Gasteiger partial charge in [-0.25, -0.2) is 4.79 Å². The number of ether oxygens (including phenoxy) is 1. The number of amides is 2. The lowest BCUT2D eigenvalue weighted by molar-refractivity contribution is -0.148. The van der Waals surface area contributed by atoms with Crippen molar-refractivity contribution < 1.29 is 24.2 Å². The minimum absolute atomic E-state index is 0.254. The van der Waals surface area contributed by atoms with Crippen LogP contribution < -0.4 is 10.6 Å². The molecule has 0 aliphatic carbocycles. The molecule has 3 N–H and O–H groups in total. The average Bonchev–Trinajstić information content (AvgIpc) is 2.59. The first-order valence-electron chi connectivity index (χ1n) is 8.81. The van der Waals surface area contributed by atoms with E-state index >= 15 is 0 Å². The number of rotatable bonds is 10. The molecule has 1 rings (SSSR count). The Morgan fingerprint density at radius 2 is 1.81 bits per heavy atom. The summed E-state index contributed by atoms with van der Waals surface area (Å²) < 4.78 is 5.24. The topological polar surface area (TPSA) is 105 Å². The number of nitrogens with one attached hydrogen (secondary N) is 2. The molecule has 0 spiro atoms. The highest BCUT2D eigenvalue weighted by Gasteiger charge is 2.29. The van der Waals surface area contributed by atoms with Gasteiger partial charge >= 0.3 is 5.97 Å². The number of carbonyl (C=O) groups is 3. The maximum atomic E-state index is 12.5. The number of esters is 1. The zero-order valence-electron chi connectivity index (χ0n) is 15.5. The molecule has 0 saturated heterocycles. The van der Waals surface area contributed by atoms with E-state index in [-0.39, 0.29) is 13.0 Å². The van der Waals surface area contributed by atoms with E-state index in [2.05, 4.69) is 10.6 Å². The van der Waals surface area contributed by atoms with Gasteiger partial charge in [-0.3, -0.25) is 9.59 Å². The summed E-state index contributed by atoms with van der Waals surface area (Å²) in [6.07, 6.45) is 0.770. The van der Waals surface area contributed by atoms with Gasteiger partial charge in [0.1, 0.15) is 12.1 Å². The fraction of sp³-hybridized carbons (Fsp3) is 0.526. The van der Waals surface area contributed by atoms with Crippen molar-refractivity contribution in [2.45, 2.75) is 58.2 Å². The fourth-order valence-electron chi connectivity index (χ4n) is 2.35. The molecule has 0 aliphatic rings. The Labute approximate surface area is 154 Å². The van der Waals surface area contributed by atoms with Crippen molar-refractivity contribution in [2.75, 3.05) is 6.61 Å². The summed E-state index contributed by atoms with van der Waals surface area (Å²) in [5.41, 5.74) is 0.860. The molecule has 26 heavy (non-hydrogen) atoms. The van der Waals surface area contributed by atoms with Gasteiger partial charge in [-0.15, -0.1) is 0 Å². The molecule has 1 aromatic carbocycles. The van der Waals surface area contributed by atoms with Gasteiger partial charge in [0.15, 0.2) is 0 Å². The standard InChI is InChI=1S/C19H28N2O5/c1-4-5-11-26-19(25)16(12-15-9-7-6-8-10-15)21-18(24)17(13(2)22)20-14(3)23/h6-10,13,16-17,22H,4-5,11-12H2,1-3H3,(H,20,23)(H,21,24)/t13-,16+,17+/m1/s1. The number of unbranched alkanes of at least 4 members (excludes halogenated alkanes) is 1. The Morgan fingerprint density at radius 1 is 1.15 bits per heavy atom. The second-order valence-electron chi connectivity index (χ2n) is 6.19. The SMILES string of the molecule is CCCCOC(=O)[C@H](Cc1ccccc1)NC(=O)[C@@H](NC(C)=O)[C@@H](C)O. The minimum atomic E-state index is -1.14. The van der Waals surface area contributed by atoms with Gasteiger partial charge < -0.3 is 20.5 Å². The third-order valence-electron chi connectivity index (χ3n) is 3.75. The molecule has 0 fully saturated rings. The molecule has 3 atom stereocenters. The van der Waals surface area contributed by atoms with Crippen LogP contribution in [0.5, 0.6) is 0 Å². The lowest BCUT2D eigenvalue weighted by Crippen LogP contribution is -2.56. The van der Waals surface area contributed by atoms with Crippen LogP contribution in [0.15, 0.2) is 30.3 Å². The van der Waals surface area contributed by atoms with E-state index in [4.69, 9.17) is 4.74 Å². The maximum absolute atomic E-state index is 12.5. The van der Waals surface area contributed by atoms with Gasteiger partial charge in [-0.05, 0) is 18.9 Å². The predicted octanol–water partition coefficient (Wildman–Crippen LogP) is 0.943. The van der Waals surface area contributed by atoms with Crippen molar-refractivity contribution in [1.82, 2.24) is 10.6 Å². The minimum Gasteiger partial charge on any atom is -0.464 e. The first kappa shape index (κ1) is 21.6. The predicted molar refractivity (Wildman–Crippen MR) is 97.2 cm³/mol. The van der Waals surface area contributed by atoms with Gasteiger partial charge in [0, 0.05) is 13.3 Å². The third kappa shape index (κ3) is 7.65. The summed E-state index contributed by atoms with van der Waals surface area (Å²) in [7, 11) is 0. The number of hydrogen-bond acceptors (Lipinski definition) is 5. The lowest BCUT2D eigenvalue weighted by Gasteiger charge is -2.24. The molecule has 0 saturated carbocycles. The highest BCUT2D eigenvalue weighted by molar-refractivity contribution is 5.90. The molecule has 7 nitrogen and oxygen atoms in total. The first-order chi connectivity index (χ1) is 12.3. The largest absolute Gasteiger partial charge is 0.464 e. The molecule has 144 valence electrons. The van der Waals surface area contributed by atoms with Crippen LogP contribution in [-0.2, 0) is 25.5 Å². The molecule has 0 heterocycles. The zero-order valence-corrected chi connectivity index (χ0v) is 15.5. The zero-order chi connectivity index (χ0) is 19.5. The number of aliphatic hydroxyl groups excluding tert-OH is 1. The third-order valence-corrected chi connectivity index (χ3v) is 3.75. The normalized spacial score (nSPS) is 14.0. The smallest absolute Gasteiger partial charge is 0.328 e. The summed E-state index contributed by atoms with van der Waals surface area (Å²) >= 11 is 0. The Kier molecular flexibility index (Phi) is 9.36. The molecule has 1 aromatic rings. The quantitative estimate of drug-likeness (QED) is 0.423. The highest BCUT2D eigenvalue weighted by atomic mass is 16.5. The van der Waals surface area contributed by atoms with Crippen LogP contribution >= 0.6 is 0 Å². The number of carbonyl (C=O) groups excluding carboxylic acids is 3. The van der Waals surface area contributed by atoms with Gasteiger partial charge in [-0.1, -0.05) is 43.7 Å². The van der Waals surface area contributed by atoms with E-state index in [1.807, 2.05) is 37.3 Å². The van der Waals surface area contributed by atoms with Crippen molar-refractivity contribution in [1.29, 1.82) is 0 Å². The van der Waals surface area contributed by atoms with Crippen LogP contribution in [-0.4, -0.2) is 47.7 Å². The highest BCUT2D eigenvalue weighted by Crippen LogP contribution is 2.06. The number of hydrogen-bond donors (Lipinski definition) is 3. The monoisotopic (exact) mass is 364 g/mol. The van der Waals surface area contributed by atoms with Crippen molar-refractivity contribution in [3.05, 3.63) is 35.9 Å². The number of aliphatic hydroxyl groups is 1. The van der Waals surface area contributed by atoms with E-state index in [1.165, 1.54) is 13.8 Å². The maximum Gasteiger partial charge on any atom is 0.328 e. The Balaban J connectivity index is 2.86. The summed E-state index contributed by atoms with van der Waals surface area (Å²) in [6.45, 7) is 4.91. The molecule has 0 radical (unpaired) electrons. The summed E-state index contributed by atoms with van der Waals surface area (Å²) in [6, 6.07) is 7.18. The molecule has 0 aromatic heterocycles. The lowest BCUT2D eigenvalue weighted by atomic mass is 10.0. The number of benzene rings is 1. The van der Waals surface area contributed by atoms with Crippen molar-refractivity contribution in [3.63, 3.8) is 0 Å². The van der Waals surface area contributed by atoms with Crippen LogP contribution in [0.25, 0.3) is 0 Å².